The summed E-state index contributed by atoms with van der Waals surface area (Å²) >= 11 is 0.822. The minimum atomic E-state index is -0.450. The zero-order chi connectivity index (χ0) is 26.5. The lowest BCUT2D eigenvalue weighted by molar-refractivity contribution is -0.124. The van der Waals surface area contributed by atoms with Crippen molar-refractivity contribution in [1.29, 1.82) is 0 Å². The lowest BCUT2D eigenvalue weighted by Gasteiger charge is -2.34. The summed E-state index contributed by atoms with van der Waals surface area (Å²) in [6.45, 7) is 6.37. The molecule has 2 aliphatic rings. The molecular formula is C27H29FN4O4S. The number of hydrogen-bond acceptors (Lipinski definition) is 6. The largest absolute Gasteiger partial charge is 0.353 e. The van der Waals surface area contributed by atoms with Crippen LogP contribution < -0.4 is 5.32 Å². The number of nitrogens with one attached hydrogen (secondary N) is 1. The molecule has 0 unspecified atom stereocenters. The van der Waals surface area contributed by atoms with Crippen molar-refractivity contribution >= 4 is 40.8 Å². The minimum Gasteiger partial charge on any atom is -0.353 e. The molecule has 4 amide bonds. The number of thioether (sulfide) groups is 1. The molecule has 2 aromatic rings. The molecule has 0 spiro atoms. The van der Waals surface area contributed by atoms with Gasteiger partial charge in [0.05, 0.1) is 18.0 Å². The fourth-order valence-electron chi connectivity index (χ4n) is 4.23. The van der Waals surface area contributed by atoms with Crippen LogP contribution in [0.15, 0.2) is 53.4 Å². The van der Waals surface area contributed by atoms with E-state index in [9.17, 15) is 23.6 Å². The van der Waals surface area contributed by atoms with Gasteiger partial charge in [-0.2, -0.15) is 0 Å². The summed E-state index contributed by atoms with van der Waals surface area (Å²) in [6.07, 6.45) is 1.60. The number of hydrogen-bond donors (Lipinski definition) is 1. The molecule has 2 aromatic carbocycles. The molecule has 2 heterocycles. The molecule has 0 radical (unpaired) electrons. The molecule has 10 heteroatoms. The highest BCUT2D eigenvalue weighted by Gasteiger charge is 2.35. The van der Waals surface area contributed by atoms with Crippen LogP contribution in [-0.2, 0) is 16.1 Å². The van der Waals surface area contributed by atoms with E-state index >= 15 is 0 Å². The third kappa shape index (κ3) is 6.84. The van der Waals surface area contributed by atoms with Crippen LogP contribution in [0.25, 0.3) is 6.08 Å². The van der Waals surface area contributed by atoms with E-state index in [1.54, 1.807) is 41.3 Å². The predicted octanol–water partition coefficient (Wildman–Crippen LogP) is 3.34. The number of piperazine rings is 1. The van der Waals surface area contributed by atoms with Crippen molar-refractivity contribution < 1.29 is 23.6 Å². The van der Waals surface area contributed by atoms with Crippen LogP contribution in [0.3, 0.4) is 0 Å². The molecule has 1 N–H and O–H groups in total. The minimum absolute atomic E-state index is 0.0105. The first-order chi connectivity index (χ1) is 17.7. The highest BCUT2D eigenvalue weighted by atomic mass is 32.2. The SMILES string of the molecule is CC(C)NC(=O)CN1CCN(C(=O)c2cccc(C=C3SC(=O)N(Cc4cccc(F)c4)C3=O)c2)CC1. The van der Waals surface area contributed by atoms with Gasteiger partial charge < -0.3 is 10.2 Å². The van der Waals surface area contributed by atoms with Crippen LogP contribution in [0.1, 0.15) is 35.3 Å². The summed E-state index contributed by atoms with van der Waals surface area (Å²) in [6, 6.07) is 12.8. The standard InChI is InChI=1S/C27H29FN4O4S/c1-18(2)29-24(33)17-30-9-11-31(12-10-30)25(34)21-7-3-5-19(13-21)15-23-26(35)32(27(36)37-23)16-20-6-4-8-22(28)14-20/h3-8,13-15,18H,9-12,16-17H2,1-2H3,(H,29,33). The predicted molar refractivity (Wildman–Crippen MR) is 140 cm³/mol. The Labute approximate surface area is 219 Å². The molecule has 8 nitrogen and oxygen atoms in total. The quantitative estimate of drug-likeness (QED) is 0.559. The number of amides is 4. The van der Waals surface area contributed by atoms with E-state index in [1.165, 1.54) is 18.2 Å². The Morgan fingerprint density at radius 2 is 1.78 bits per heavy atom. The number of imide groups is 1. The van der Waals surface area contributed by atoms with Crippen LogP contribution in [0.2, 0.25) is 0 Å². The van der Waals surface area contributed by atoms with Crippen molar-refractivity contribution in [3.05, 3.63) is 75.9 Å². The molecule has 4 rings (SSSR count). The van der Waals surface area contributed by atoms with Crippen molar-refractivity contribution in [2.24, 2.45) is 0 Å². The third-order valence-corrected chi connectivity index (χ3v) is 6.92. The van der Waals surface area contributed by atoms with Gasteiger partial charge in [-0.1, -0.05) is 24.3 Å². The van der Waals surface area contributed by atoms with Crippen LogP contribution in [0.5, 0.6) is 0 Å². The highest BCUT2D eigenvalue weighted by Crippen LogP contribution is 2.33. The molecule has 2 fully saturated rings. The summed E-state index contributed by atoms with van der Waals surface area (Å²) in [5.41, 5.74) is 1.64. The molecule has 0 atom stereocenters. The number of carbonyl (C=O) groups excluding carboxylic acids is 4. The molecule has 194 valence electrons. The Bertz CT molecular complexity index is 1240. The van der Waals surface area contributed by atoms with Crippen LogP contribution >= 0.6 is 11.8 Å². The lowest BCUT2D eigenvalue weighted by atomic mass is 10.1. The van der Waals surface area contributed by atoms with E-state index in [-0.39, 0.29) is 29.3 Å². The Morgan fingerprint density at radius 3 is 2.49 bits per heavy atom. The first-order valence-corrected chi connectivity index (χ1v) is 12.9. The Morgan fingerprint density at radius 1 is 1.05 bits per heavy atom. The number of rotatable bonds is 7. The molecule has 0 saturated carbocycles. The molecule has 0 aromatic heterocycles. The Hall–Kier alpha value is -3.50. The van der Waals surface area contributed by atoms with E-state index in [0.29, 0.717) is 49.4 Å². The van der Waals surface area contributed by atoms with Gasteiger partial charge in [-0.25, -0.2) is 4.39 Å². The molecule has 2 aliphatic heterocycles. The monoisotopic (exact) mass is 524 g/mol. The van der Waals surface area contributed by atoms with Gasteiger partial charge in [0.15, 0.2) is 0 Å². The molecule has 0 bridgehead atoms. The van der Waals surface area contributed by atoms with Gasteiger partial charge in [-0.05, 0) is 67.1 Å². The maximum atomic E-state index is 13.5. The maximum absolute atomic E-state index is 13.5. The zero-order valence-corrected chi connectivity index (χ0v) is 21.6. The smallest absolute Gasteiger partial charge is 0.293 e. The zero-order valence-electron chi connectivity index (χ0n) is 20.8. The second-order valence-electron chi connectivity index (χ2n) is 9.31. The molecule has 37 heavy (non-hydrogen) atoms. The van der Waals surface area contributed by atoms with E-state index in [1.807, 2.05) is 18.7 Å². The second-order valence-corrected chi connectivity index (χ2v) is 10.3. The second kappa shape index (κ2) is 11.7. The third-order valence-electron chi connectivity index (χ3n) is 6.01. The van der Waals surface area contributed by atoms with Crippen molar-refractivity contribution in [3.8, 4) is 0 Å². The van der Waals surface area contributed by atoms with Crippen molar-refractivity contribution in [1.82, 2.24) is 20.0 Å². The van der Waals surface area contributed by atoms with Gasteiger partial charge in [0.25, 0.3) is 17.1 Å². The van der Waals surface area contributed by atoms with Crippen LogP contribution in [-0.4, -0.2) is 76.4 Å². The van der Waals surface area contributed by atoms with Gasteiger partial charge in [0.1, 0.15) is 5.82 Å². The normalized spacial score (nSPS) is 17.7. The van der Waals surface area contributed by atoms with Gasteiger partial charge in [-0.15, -0.1) is 0 Å². The number of carbonyl (C=O) groups is 4. The summed E-state index contributed by atoms with van der Waals surface area (Å²) < 4.78 is 13.5. The Kier molecular flexibility index (Phi) is 8.40. The van der Waals surface area contributed by atoms with Crippen molar-refractivity contribution in [2.75, 3.05) is 32.7 Å². The lowest BCUT2D eigenvalue weighted by Crippen LogP contribution is -2.51. The van der Waals surface area contributed by atoms with E-state index in [0.717, 1.165) is 16.7 Å². The molecular weight excluding hydrogens is 495 g/mol. The van der Waals surface area contributed by atoms with Gasteiger partial charge in [0.2, 0.25) is 5.91 Å². The van der Waals surface area contributed by atoms with E-state index in [2.05, 4.69) is 5.32 Å². The number of nitrogens with zero attached hydrogens (tertiary/aromatic N) is 3. The average molecular weight is 525 g/mol. The van der Waals surface area contributed by atoms with Crippen LogP contribution in [0.4, 0.5) is 9.18 Å². The topological polar surface area (TPSA) is 90.0 Å². The highest BCUT2D eigenvalue weighted by molar-refractivity contribution is 8.18. The van der Waals surface area contributed by atoms with Crippen molar-refractivity contribution in [2.45, 2.75) is 26.4 Å². The number of halogens is 1. The van der Waals surface area contributed by atoms with E-state index < -0.39 is 17.0 Å². The summed E-state index contributed by atoms with van der Waals surface area (Å²) in [5, 5.41) is 2.45. The first-order valence-electron chi connectivity index (χ1n) is 12.1. The van der Waals surface area contributed by atoms with Crippen LogP contribution in [0, 0.1) is 5.82 Å². The summed E-state index contributed by atoms with van der Waals surface area (Å²) in [5.74, 6) is -1.03. The van der Waals surface area contributed by atoms with Crippen molar-refractivity contribution in [3.63, 3.8) is 0 Å². The summed E-state index contributed by atoms with van der Waals surface area (Å²) in [4.78, 5) is 55.5. The van der Waals surface area contributed by atoms with Gasteiger partial charge in [0, 0.05) is 37.8 Å². The summed E-state index contributed by atoms with van der Waals surface area (Å²) in [7, 11) is 0. The fraction of sp³-hybridized carbons (Fsp3) is 0.333. The first kappa shape index (κ1) is 26.6. The fourth-order valence-corrected chi connectivity index (χ4v) is 5.07. The maximum Gasteiger partial charge on any atom is 0.293 e. The molecule has 0 aliphatic carbocycles. The van der Waals surface area contributed by atoms with E-state index in [4.69, 9.17) is 0 Å². The average Bonchev–Trinajstić information content (AvgIpc) is 3.11. The molecule has 2 saturated heterocycles. The Balaban J connectivity index is 1.38. The van der Waals surface area contributed by atoms with Gasteiger partial charge >= 0.3 is 0 Å². The van der Waals surface area contributed by atoms with Gasteiger partial charge in [-0.3, -0.25) is 29.0 Å². The number of benzene rings is 2.